The number of aromatic nitrogens is 3. The van der Waals surface area contributed by atoms with Gasteiger partial charge in [0.1, 0.15) is 5.75 Å². The summed E-state index contributed by atoms with van der Waals surface area (Å²) in [6, 6.07) is 7.93. The van der Waals surface area contributed by atoms with Crippen molar-refractivity contribution in [3.05, 3.63) is 24.3 Å². The molecule has 6 nitrogen and oxygen atoms in total. The van der Waals surface area contributed by atoms with Crippen LogP contribution in [0.4, 0.5) is 5.95 Å². The molecule has 1 aromatic heterocycles. The molecular weight excluding hydrogens is 360 g/mol. The van der Waals surface area contributed by atoms with Crippen LogP contribution in [0.15, 0.2) is 24.3 Å². The zero-order valence-electron chi connectivity index (χ0n) is 16.7. The second-order valence-corrected chi connectivity index (χ2v) is 9.35. The minimum Gasteiger partial charge on any atom is -0.497 e. The zero-order chi connectivity index (χ0) is 19.3. The van der Waals surface area contributed by atoms with E-state index in [-0.39, 0.29) is 4.75 Å². The van der Waals surface area contributed by atoms with E-state index in [1.54, 1.807) is 7.11 Å². The van der Waals surface area contributed by atoms with Crippen molar-refractivity contribution in [2.24, 2.45) is 0 Å². The fraction of sp³-hybridized carbons (Fsp3) is 0.600. The third kappa shape index (κ3) is 5.39. The number of ether oxygens (including phenoxy) is 2. The highest BCUT2D eigenvalue weighted by atomic mass is 32.2. The summed E-state index contributed by atoms with van der Waals surface area (Å²) in [5, 5.41) is 8.75. The number of nitrogens with zero attached hydrogens (tertiary/aromatic N) is 3. The Bertz CT molecular complexity index is 724. The number of thioether (sulfide) groups is 1. The van der Waals surface area contributed by atoms with Gasteiger partial charge in [-0.05, 0) is 57.9 Å². The monoisotopic (exact) mass is 390 g/mol. The van der Waals surface area contributed by atoms with Crippen LogP contribution in [0.25, 0.3) is 11.4 Å². The molecule has 2 heterocycles. The van der Waals surface area contributed by atoms with Crippen molar-refractivity contribution >= 4 is 17.7 Å². The SMILES string of the molecule is CCn1nc(NCC(C)(C)SC2CCOCC2)nc1-c1ccc(OC)cc1. The number of hydrogen-bond acceptors (Lipinski definition) is 6. The van der Waals surface area contributed by atoms with Gasteiger partial charge in [0.2, 0.25) is 5.95 Å². The Morgan fingerprint density at radius 3 is 2.59 bits per heavy atom. The van der Waals surface area contributed by atoms with Crippen LogP contribution in [0.3, 0.4) is 0 Å². The average molecular weight is 391 g/mol. The maximum Gasteiger partial charge on any atom is 0.242 e. The van der Waals surface area contributed by atoms with Crippen molar-refractivity contribution in [1.82, 2.24) is 14.8 Å². The molecule has 0 bridgehead atoms. The maximum absolute atomic E-state index is 5.47. The molecule has 0 radical (unpaired) electrons. The molecule has 0 spiro atoms. The van der Waals surface area contributed by atoms with Gasteiger partial charge in [0.05, 0.1) is 7.11 Å². The molecule has 3 rings (SSSR count). The summed E-state index contributed by atoms with van der Waals surface area (Å²) in [6.07, 6.45) is 2.27. The number of benzene rings is 1. The third-order valence-corrected chi connectivity index (χ3v) is 6.23. The van der Waals surface area contributed by atoms with Crippen LogP contribution >= 0.6 is 11.8 Å². The molecule has 0 unspecified atom stereocenters. The van der Waals surface area contributed by atoms with Crippen LogP contribution in [0.1, 0.15) is 33.6 Å². The van der Waals surface area contributed by atoms with Gasteiger partial charge in [-0.3, -0.25) is 0 Å². The van der Waals surface area contributed by atoms with Gasteiger partial charge in [0.25, 0.3) is 0 Å². The minimum absolute atomic E-state index is 0.111. The van der Waals surface area contributed by atoms with Gasteiger partial charge in [-0.1, -0.05) is 0 Å². The molecule has 27 heavy (non-hydrogen) atoms. The number of aryl methyl sites for hydroxylation is 1. The fourth-order valence-electron chi connectivity index (χ4n) is 3.17. The molecule has 1 saturated heterocycles. The van der Waals surface area contributed by atoms with Crippen LogP contribution in [-0.2, 0) is 11.3 Å². The summed E-state index contributed by atoms with van der Waals surface area (Å²) in [4.78, 5) is 4.73. The van der Waals surface area contributed by atoms with Crippen molar-refractivity contribution in [3.63, 3.8) is 0 Å². The predicted octanol–water partition coefficient (Wildman–Crippen LogP) is 4.08. The Balaban J connectivity index is 1.65. The second-order valence-electron chi connectivity index (χ2n) is 7.35. The van der Waals surface area contributed by atoms with Crippen molar-refractivity contribution < 1.29 is 9.47 Å². The lowest BCUT2D eigenvalue weighted by Crippen LogP contribution is -2.31. The van der Waals surface area contributed by atoms with Crippen molar-refractivity contribution in [3.8, 4) is 17.1 Å². The lowest BCUT2D eigenvalue weighted by atomic mass is 10.2. The molecule has 1 aliphatic heterocycles. The summed E-state index contributed by atoms with van der Waals surface area (Å²) in [5.74, 6) is 2.40. The molecule has 7 heteroatoms. The van der Waals surface area contributed by atoms with E-state index in [0.29, 0.717) is 11.2 Å². The van der Waals surface area contributed by atoms with Gasteiger partial charge in [-0.25, -0.2) is 4.68 Å². The third-order valence-electron chi connectivity index (χ3n) is 4.65. The van der Waals surface area contributed by atoms with E-state index in [2.05, 4.69) is 31.2 Å². The summed E-state index contributed by atoms with van der Waals surface area (Å²) in [5.41, 5.74) is 1.04. The number of nitrogens with one attached hydrogen (secondary N) is 1. The van der Waals surface area contributed by atoms with E-state index in [4.69, 9.17) is 14.5 Å². The first-order valence-corrected chi connectivity index (χ1v) is 10.5. The summed E-state index contributed by atoms with van der Waals surface area (Å²) in [7, 11) is 1.67. The molecular formula is C20H30N4O2S. The first kappa shape index (κ1) is 20.0. The first-order valence-electron chi connectivity index (χ1n) is 9.59. The summed E-state index contributed by atoms with van der Waals surface area (Å²) in [6.45, 7) is 10.0. The van der Waals surface area contributed by atoms with Crippen LogP contribution in [0.5, 0.6) is 5.75 Å². The van der Waals surface area contributed by atoms with Gasteiger partial charge < -0.3 is 14.8 Å². The van der Waals surface area contributed by atoms with Crippen LogP contribution in [0.2, 0.25) is 0 Å². The van der Waals surface area contributed by atoms with Gasteiger partial charge in [0, 0.05) is 41.9 Å². The van der Waals surface area contributed by atoms with Crippen LogP contribution in [0, 0.1) is 0 Å². The van der Waals surface area contributed by atoms with E-state index in [1.165, 1.54) is 0 Å². The van der Waals surface area contributed by atoms with E-state index in [1.807, 2.05) is 40.7 Å². The molecule has 0 aliphatic carbocycles. The molecule has 1 N–H and O–H groups in total. The largest absolute Gasteiger partial charge is 0.497 e. The van der Waals surface area contributed by atoms with Gasteiger partial charge in [0.15, 0.2) is 5.82 Å². The molecule has 0 amide bonds. The predicted molar refractivity (Wildman–Crippen MR) is 112 cm³/mol. The Morgan fingerprint density at radius 2 is 1.96 bits per heavy atom. The lowest BCUT2D eigenvalue weighted by molar-refractivity contribution is 0.0998. The van der Waals surface area contributed by atoms with Gasteiger partial charge in [-0.15, -0.1) is 5.10 Å². The van der Waals surface area contributed by atoms with Crippen molar-refractivity contribution in [2.45, 2.75) is 50.2 Å². The van der Waals surface area contributed by atoms with Crippen LogP contribution < -0.4 is 10.1 Å². The zero-order valence-corrected chi connectivity index (χ0v) is 17.5. The summed E-state index contributed by atoms with van der Waals surface area (Å²) >= 11 is 2.04. The van der Waals surface area contributed by atoms with Gasteiger partial charge >= 0.3 is 0 Å². The highest BCUT2D eigenvalue weighted by molar-refractivity contribution is 8.01. The normalized spacial score (nSPS) is 15.7. The van der Waals surface area contributed by atoms with Gasteiger partial charge in [-0.2, -0.15) is 16.7 Å². The fourth-order valence-corrected chi connectivity index (χ4v) is 4.66. The Kier molecular flexibility index (Phi) is 6.65. The smallest absolute Gasteiger partial charge is 0.242 e. The molecule has 148 valence electrons. The maximum atomic E-state index is 5.47. The Labute approximate surface area is 166 Å². The Hall–Kier alpha value is -1.73. The molecule has 1 fully saturated rings. The Morgan fingerprint density at radius 1 is 1.26 bits per heavy atom. The number of rotatable bonds is 8. The van der Waals surface area contributed by atoms with Crippen molar-refractivity contribution in [1.29, 1.82) is 0 Å². The quantitative estimate of drug-likeness (QED) is 0.733. The second kappa shape index (κ2) is 8.97. The van der Waals surface area contributed by atoms with E-state index < -0.39 is 0 Å². The van der Waals surface area contributed by atoms with E-state index in [9.17, 15) is 0 Å². The first-order chi connectivity index (χ1) is 13.0. The molecule has 0 atom stereocenters. The number of methoxy groups -OCH3 is 1. The standard InChI is InChI=1S/C20H30N4O2S/c1-5-24-18(15-6-8-16(25-4)9-7-15)22-19(23-24)21-14-20(2,3)27-17-10-12-26-13-11-17/h6-9,17H,5,10-14H2,1-4H3,(H,21,23). The molecule has 0 saturated carbocycles. The number of hydrogen-bond donors (Lipinski definition) is 1. The topological polar surface area (TPSA) is 61.2 Å². The highest BCUT2D eigenvalue weighted by Gasteiger charge is 2.26. The lowest BCUT2D eigenvalue weighted by Gasteiger charge is -2.31. The highest BCUT2D eigenvalue weighted by Crippen LogP contribution is 2.34. The average Bonchev–Trinajstić information content (AvgIpc) is 3.10. The van der Waals surface area contributed by atoms with Crippen molar-refractivity contribution in [2.75, 3.05) is 32.2 Å². The molecule has 1 aromatic carbocycles. The number of anilines is 1. The van der Waals surface area contributed by atoms with E-state index in [0.717, 1.165) is 56.3 Å². The summed E-state index contributed by atoms with van der Waals surface area (Å²) < 4.78 is 12.8. The van der Waals surface area contributed by atoms with E-state index >= 15 is 0 Å². The molecule has 1 aliphatic rings. The minimum atomic E-state index is 0.111. The molecule has 2 aromatic rings. The van der Waals surface area contributed by atoms with Crippen LogP contribution in [-0.4, -0.2) is 51.6 Å².